The van der Waals surface area contributed by atoms with E-state index >= 15 is 0 Å². The molecule has 0 aliphatic carbocycles. The van der Waals surface area contributed by atoms with Crippen molar-refractivity contribution in [1.29, 1.82) is 0 Å². The second-order valence-corrected chi connectivity index (χ2v) is 8.12. The van der Waals surface area contributed by atoms with Crippen LogP contribution in [-0.2, 0) is 10.0 Å². The lowest BCUT2D eigenvalue weighted by Crippen LogP contribution is -2.12. The van der Waals surface area contributed by atoms with Gasteiger partial charge in [0.05, 0.1) is 12.8 Å². The van der Waals surface area contributed by atoms with E-state index in [0.29, 0.717) is 27.6 Å². The van der Waals surface area contributed by atoms with Crippen LogP contribution in [0.1, 0.15) is 23.6 Å². The Morgan fingerprint density at radius 3 is 2.42 bits per heavy atom. The molecule has 1 aliphatic rings. The molecular weight excluding hydrogens is 372 g/mol. The number of sulfonamides is 1. The summed E-state index contributed by atoms with van der Waals surface area (Å²) in [5.74, 6) is 0.806. The monoisotopic (exact) mass is 390 g/mol. The fourth-order valence-electron chi connectivity index (χ4n) is 2.81. The molecule has 1 N–H and O–H groups in total. The second kappa shape index (κ2) is 6.78. The summed E-state index contributed by atoms with van der Waals surface area (Å²) in [6.07, 6.45) is 0. The molecule has 1 heterocycles. The van der Waals surface area contributed by atoms with E-state index in [9.17, 15) is 8.42 Å². The summed E-state index contributed by atoms with van der Waals surface area (Å²) < 4.78 is 34.5. The lowest BCUT2D eigenvalue weighted by Gasteiger charge is -2.12. The van der Waals surface area contributed by atoms with Gasteiger partial charge in [0, 0.05) is 10.6 Å². The maximum Gasteiger partial charge on any atom is 0.285 e. The minimum atomic E-state index is -3.79. The number of halogens is 1. The van der Waals surface area contributed by atoms with Crippen molar-refractivity contribution < 1.29 is 13.2 Å². The number of methoxy groups -OCH3 is 1. The maximum atomic E-state index is 12.6. The molecule has 0 aromatic heterocycles. The second-order valence-electron chi connectivity index (χ2n) is 6.14. The first-order chi connectivity index (χ1) is 12.2. The molecule has 5 nitrogen and oxygen atoms in total. The number of hydrogen-bond acceptors (Lipinski definition) is 4. The van der Waals surface area contributed by atoms with E-state index in [-0.39, 0.29) is 10.7 Å². The Labute approximate surface area is 158 Å². The number of ether oxygens (including phenoxy) is 1. The van der Waals surface area contributed by atoms with Gasteiger partial charge in [-0.2, -0.15) is 8.42 Å². The summed E-state index contributed by atoms with van der Waals surface area (Å²) in [4.78, 5) is 0.212. The van der Waals surface area contributed by atoms with Crippen LogP contribution in [-0.4, -0.2) is 21.4 Å². The molecule has 136 valence electrons. The molecule has 2 aromatic rings. The highest BCUT2D eigenvalue weighted by atomic mass is 35.5. The third-order valence-corrected chi connectivity index (χ3v) is 6.06. The van der Waals surface area contributed by atoms with Crippen LogP contribution in [0.4, 0.5) is 5.69 Å². The third kappa shape index (κ3) is 3.34. The molecule has 7 heteroatoms. The Morgan fingerprint density at radius 2 is 1.77 bits per heavy atom. The minimum Gasteiger partial charge on any atom is -0.495 e. The maximum absolute atomic E-state index is 12.6. The molecule has 3 rings (SSSR count). The highest BCUT2D eigenvalue weighted by molar-refractivity contribution is 8.00. The van der Waals surface area contributed by atoms with Gasteiger partial charge in [0.1, 0.15) is 16.5 Å². The Bertz CT molecular complexity index is 1060. The lowest BCUT2D eigenvalue weighted by atomic mass is 10.0. The fraction of sp³-hybridized carbons (Fsp3) is 0.211. The Balaban J connectivity index is 2.06. The van der Waals surface area contributed by atoms with Crippen molar-refractivity contribution in [2.75, 3.05) is 12.4 Å². The van der Waals surface area contributed by atoms with Crippen molar-refractivity contribution >= 4 is 38.1 Å². The molecule has 0 radical (unpaired) electrons. The number of nitrogens with one attached hydrogen (secondary N) is 1. The first-order valence-corrected chi connectivity index (χ1v) is 9.79. The van der Waals surface area contributed by atoms with Gasteiger partial charge in [-0.25, -0.2) is 0 Å². The van der Waals surface area contributed by atoms with E-state index in [1.807, 2.05) is 26.0 Å². The van der Waals surface area contributed by atoms with Crippen LogP contribution >= 0.6 is 11.6 Å². The van der Waals surface area contributed by atoms with E-state index in [2.05, 4.69) is 9.71 Å². The Kier molecular flexibility index (Phi) is 4.82. The number of nitrogens with zero attached hydrogens (tertiary/aromatic N) is 1. The fourth-order valence-corrected chi connectivity index (χ4v) is 4.40. The smallest absolute Gasteiger partial charge is 0.285 e. The number of hydrogen-bond donors (Lipinski definition) is 1. The summed E-state index contributed by atoms with van der Waals surface area (Å²) in [6, 6.07) is 10.6. The average Bonchev–Trinajstić information content (AvgIpc) is 2.79. The molecular formula is C19H19ClN2O3S. The minimum absolute atomic E-state index is 0.212. The molecule has 0 spiro atoms. The first-order valence-electron chi connectivity index (χ1n) is 7.97. The van der Waals surface area contributed by atoms with E-state index in [0.717, 1.165) is 11.1 Å². The molecule has 2 aromatic carbocycles. The van der Waals surface area contributed by atoms with Gasteiger partial charge in [-0.3, -0.25) is 0 Å². The van der Waals surface area contributed by atoms with Crippen molar-refractivity contribution in [2.45, 2.75) is 20.8 Å². The molecule has 0 saturated carbocycles. The molecule has 0 amide bonds. The van der Waals surface area contributed by atoms with E-state index in [1.54, 1.807) is 31.2 Å². The largest absolute Gasteiger partial charge is 0.495 e. The zero-order valence-electron chi connectivity index (χ0n) is 14.9. The van der Waals surface area contributed by atoms with Crippen LogP contribution in [0.3, 0.4) is 0 Å². The summed E-state index contributed by atoms with van der Waals surface area (Å²) >= 11 is 6.04. The summed E-state index contributed by atoms with van der Waals surface area (Å²) in [5.41, 5.74) is 3.86. The summed E-state index contributed by atoms with van der Waals surface area (Å²) in [7, 11) is -2.25. The van der Waals surface area contributed by atoms with Gasteiger partial charge < -0.3 is 10.1 Å². The quantitative estimate of drug-likeness (QED) is 0.834. The zero-order chi connectivity index (χ0) is 19.1. The lowest BCUT2D eigenvalue weighted by molar-refractivity contribution is 0.417. The number of rotatable bonds is 3. The first kappa shape index (κ1) is 18.5. The van der Waals surface area contributed by atoms with E-state index in [1.165, 1.54) is 7.11 Å². The van der Waals surface area contributed by atoms with Crippen LogP contribution in [0.25, 0.3) is 4.91 Å². The van der Waals surface area contributed by atoms with Gasteiger partial charge >= 0.3 is 0 Å². The molecule has 0 atom stereocenters. The predicted molar refractivity (Wildman–Crippen MR) is 106 cm³/mol. The van der Waals surface area contributed by atoms with Crippen LogP contribution < -0.4 is 10.1 Å². The zero-order valence-corrected chi connectivity index (χ0v) is 16.5. The van der Waals surface area contributed by atoms with Crippen LogP contribution in [0.5, 0.6) is 5.75 Å². The normalized spacial score (nSPS) is 15.8. The van der Waals surface area contributed by atoms with E-state index < -0.39 is 10.0 Å². The van der Waals surface area contributed by atoms with Gasteiger partial charge in [-0.1, -0.05) is 29.8 Å². The molecule has 26 heavy (non-hydrogen) atoms. The number of amidine groups is 1. The van der Waals surface area contributed by atoms with Gasteiger partial charge in [-0.15, -0.1) is 4.40 Å². The molecule has 0 bridgehead atoms. The van der Waals surface area contributed by atoms with Crippen molar-refractivity contribution in [3.8, 4) is 5.75 Å². The SMILES string of the molecule is COc1ccc(Cl)cc1NC1=NS(=O)(=O)C(c2ccc(C)c(C)c2)=C1C. The predicted octanol–water partition coefficient (Wildman–Crippen LogP) is 4.55. The Morgan fingerprint density at radius 1 is 1.04 bits per heavy atom. The van der Waals surface area contributed by atoms with Gasteiger partial charge in [0.2, 0.25) is 0 Å². The van der Waals surface area contributed by atoms with Crippen molar-refractivity contribution in [2.24, 2.45) is 4.40 Å². The van der Waals surface area contributed by atoms with Crippen LogP contribution in [0.2, 0.25) is 5.02 Å². The third-order valence-electron chi connectivity index (χ3n) is 4.35. The average molecular weight is 391 g/mol. The molecule has 0 fully saturated rings. The van der Waals surface area contributed by atoms with Gasteiger partial charge in [0.15, 0.2) is 0 Å². The highest BCUT2D eigenvalue weighted by Crippen LogP contribution is 2.35. The Hall–Kier alpha value is -2.31. The van der Waals surface area contributed by atoms with Gasteiger partial charge in [-0.05, 0) is 55.7 Å². The number of aryl methyl sites for hydroxylation is 2. The molecule has 1 aliphatic heterocycles. The van der Waals surface area contributed by atoms with Crippen LogP contribution in [0.15, 0.2) is 46.4 Å². The standard InChI is InChI=1S/C19H19ClN2O3S/c1-11-5-6-14(9-12(11)2)18-13(3)19(22-26(18,23)24)21-16-10-15(20)7-8-17(16)25-4/h5-10H,1-4H3,(H,21,22). The highest BCUT2D eigenvalue weighted by Gasteiger charge is 2.31. The van der Waals surface area contributed by atoms with Crippen LogP contribution in [0, 0.1) is 13.8 Å². The molecule has 0 saturated heterocycles. The number of anilines is 1. The van der Waals surface area contributed by atoms with Crippen molar-refractivity contribution in [1.82, 2.24) is 0 Å². The van der Waals surface area contributed by atoms with Crippen molar-refractivity contribution in [3.05, 3.63) is 63.7 Å². The summed E-state index contributed by atoms with van der Waals surface area (Å²) in [5, 5.41) is 3.54. The van der Waals surface area contributed by atoms with Crippen molar-refractivity contribution in [3.63, 3.8) is 0 Å². The summed E-state index contributed by atoms with van der Waals surface area (Å²) in [6.45, 7) is 5.67. The number of benzene rings is 2. The van der Waals surface area contributed by atoms with Gasteiger partial charge in [0.25, 0.3) is 10.0 Å². The van der Waals surface area contributed by atoms with E-state index in [4.69, 9.17) is 16.3 Å². The topological polar surface area (TPSA) is 67.8 Å². The molecule has 0 unspecified atom stereocenters.